The molecule has 0 bridgehead atoms. The summed E-state index contributed by atoms with van der Waals surface area (Å²) < 4.78 is 37.4. The monoisotopic (exact) mass is 419 g/mol. The van der Waals surface area contributed by atoms with Crippen LogP contribution in [-0.4, -0.2) is 21.4 Å². The van der Waals surface area contributed by atoms with Crippen LogP contribution in [0.25, 0.3) is 0 Å². The van der Waals surface area contributed by atoms with Crippen molar-refractivity contribution in [2.24, 2.45) is 0 Å². The van der Waals surface area contributed by atoms with E-state index >= 15 is 0 Å². The summed E-state index contributed by atoms with van der Waals surface area (Å²) >= 11 is 1.05. The molecule has 0 aliphatic carbocycles. The summed E-state index contributed by atoms with van der Waals surface area (Å²) in [6, 6.07) is 9.03. The number of halogens is 2. The Morgan fingerprint density at radius 1 is 1.17 bits per heavy atom. The number of benzene rings is 2. The Kier molecular flexibility index (Phi) is 6.48. The highest BCUT2D eigenvalue weighted by atomic mass is 32.2. The maximum atomic E-state index is 13.2. The highest BCUT2D eigenvalue weighted by Gasteiger charge is 2.19. The molecular formula is C20H19F2N3O3S. The van der Waals surface area contributed by atoms with Crippen molar-refractivity contribution >= 4 is 23.4 Å². The van der Waals surface area contributed by atoms with E-state index in [0.29, 0.717) is 0 Å². The van der Waals surface area contributed by atoms with Gasteiger partial charge in [0.2, 0.25) is 5.91 Å². The van der Waals surface area contributed by atoms with E-state index in [-0.39, 0.29) is 23.4 Å². The third-order valence-electron chi connectivity index (χ3n) is 3.98. The van der Waals surface area contributed by atoms with Crippen LogP contribution in [0.1, 0.15) is 23.9 Å². The SMILES string of the molecule is Cc1ccc(C)c(OCc2nnc(SC(C)C(=O)Nc3ccc(F)c(F)c3)o2)c1. The molecule has 0 aliphatic rings. The molecule has 3 aromatic rings. The van der Waals surface area contributed by atoms with Gasteiger partial charge in [-0.15, -0.1) is 10.2 Å². The van der Waals surface area contributed by atoms with E-state index in [4.69, 9.17) is 9.15 Å². The minimum Gasteiger partial charge on any atom is -0.484 e. The number of hydrogen-bond donors (Lipinski definition) is 1. The second-order valence-corrected chi connectivity index (χ2v) is 7.69. The Bertz CT molecular complexity index is 1030. The van der Waals surface area contributed by atoms with Gasteiger partial charge >= 0.3 is 0 Å². The minimum atomic E-state index is -1.03. The third-order valence-corrected chi connectivity index (χ3v) is 4.91. The molecule has 0 spiro atoms. The summed E-state index contributed by atoms with van der Waals surface area (Å²) in [5.41, 5.74) is 2.23. The number of thioether (sulfide) groups is 1. The highest BCUT2D eigenvalue weighted by molar-refractivity contribution is 8.00. The molecule has 9 heteroatoms. The molecule has 0 aliphatic heterocycles. The van der Waals surface area contributed by atoms with E-state index in [0.717, 1.165) is 40.8 Å². The van der Waals surface area contributed by atoms with Crippen LogP contribution in [0.2, 0.25) is 0 Å². The minimum absolute atomic E-state index is 0.104. The summed E-state index contributed by atoms with van der Waals surface area (Å²) in [6.07, 6.45) is 0. The van der Waals surface area contributed by atoms with Crippen molar-refractivity contribution in [2.45, 2.75) is 37.9 Å². The van der Waals surface area contributed by atoms with E-state index < -0.39 is 22.8 Å². The first-order valence-corrected chi connectivity index (χ1v) is 9.65. The third kappa shape index (κ3) is 5.54. The predicted octanol–water partition coefficient (Wildman–Crippen LogP) is 4.66. The van der Waals surface area contributed by atoms with E-state index in [2.05, 4.69) is 15.5 Å². The molecule has 0 saturated carbocycles. The van der Waals surface area contributed by atoms with Crippen LogP contribution in [0.4, 0.5) is 14.5 Å². The zero-order chi connectivity index (χ0) is 21.0. The van der Waals surface area contributed by atoms with Gasteiger partial charge in [-0.2, -0.15) is 0 Å². The lowest BCUT2D eigenvalue weighted by Crippen LogP contribution is -2.22. The van der Waals surface area contributed by atoms with Crippen molar-refractivity contribution < 1.29 is 22.7 Å². The van der Waals surface area contributed by atoms with Gasteiger partial charge in [0.15, 0.2) is 18.2 Å². The van der Waals surface area contributed by atoms with Crippen LogP contribution >= 0.6 is 11.8 Å². The Balaban J connectivity index is 1.55. The molecule has 2 aromatic carbocycles. The number of hydrogen-bond acceptors (Lipinski definition) is 6. The second-order valence-electron chi connectivity index (χ2n) is 6.40. The lowest BCUT2D eigenvalue weighted by molar-refractivity contribution is -0.115. The number of aromatic nitrogens is 2. The molecule has 0 fully saturated rings. The summed E-state index contributed by atoms with van der Waals surface area (Å²) in [7, 11) is 0. The highest BCUT2D eigenvalue weighted by Crippen LogP contribution is 2.25. The molecule has 1 N–H and O–H groups in total. The van der Waals surface area contributed by atoms with Gasteiger partial charge in [0.25, 0.3) is 11.1 Å². The fourth-order valence-corrected chi connectivity index (χ4v) is 3.07. The number of nitrogens with zero attached hydrogens (tertiary/aromatic N) is 2. The molecule has 0 radical (unpaired) electrons. The van der Waals surface area contributed by atoms with Crippen molar-refractivity contribution in [1.29, 1.82) is 0 Å². The molecule has 1 amide bonds. The standard InChI is InChI=1S/C20H19F2N3O3S/c1-11-4-5-12(2)17(8-11)27-10-18-24-25-20(28-18)29-13(3)19(26)23-14-6-7-15(21)16(22)9-14/h4-9,13H,10H2,1-3H3,(H,23,26). The lowest BCUT2D eigenvalue weighted by atomic mass is 10.1. The van der Waals surface area contributed by atoms with Crippen LogP contribution in [0.5, 0.6) is 5.75 Å². The summed E-state index contributed by atoms with van der Waals surface area (Å²) in [6.45, 7) is 5.65. The maximum Gasteiger partial charge on any atom is 0.277 e. The number of carbonyl (C=O) groups is 1. The molecule has 6 nitrogen and oxygen atoms in total. The number of rotatable bonds is 7. The zero-order valence-corrected chi connectivity index (χ0v) is 16.8. The molecule has 29 heavy (non-hydrogen) atoms. The van der Waals surface area contributed by atoms with Gasteiger partial charge in [-0.25, -0.2) is 8.78 Å². The number of aryl methyl sites for hydroxylation is 2. The molecule has 1 aromatic heterocycles. The molecule has 152 valence electrons. The normalized spacial score (nSPS) is 11.9. The fraction of sp³-hybridized carbons (Fsp3) is 0.250. The number of nitrogens with one attached hydrogen (secondary N) is 1. The molecule has 1 heterocycles. The quantitative estimate of drug-likeness (QED) is 0.561. The molecular weight excluding hydrogens is 400 g/mol. The lowest BCUT2D eigenvalue weighted by Gasteiger charge is -2.10. The average Bonchev–Trinajstić information content (AvgIpc) is 3.12. The molecule has 1 atom stereocenters. The van der Waals surface area contributed by atoms with Crippen LogP contribution in [-0.2, 0) is 11.4 Å². The number of amides is 1. The smallest absolute Gasteiger partial charge is 0.277 e. The fourth-order valence-electron chi connectivity index (χ4n) is 2.37. The van der Waals surface area contributed by atoms with Gasteiger partial charge in [-0.3, -0.25) is 4.79 Å². The Morgan fingerprint density at radius 2 is 1.97 bits per heavy atom. The Labute approximate surface area is 170 Å². The van der Waals surface area contributed by atoms with Gasteiger partial charge in [0.05, 0.1) is 5.25 Å². The van der Waals surface area contributed by atoms with Crippen molar-refractivity contribution in [3.05, 3.63) is 65.1 Å². The summed E-state index contributed by atoms with van der Waals surface area (Å²) in [5.74, 6) is -1.41. The van der Waals surface area contributed by atoms with Crippen LogP contribution in [0, 0.1) is 25.5 Å². The topological polar surface area (TPSA) is 77.2 Å². The maximum absolute atomic E-state index is 13.2. The molecule has 1 unspecified atom stereocenters. The van der Waals surface area contributed by atoms with Gasteiger partial charge < -0.3 is 14.5 Å². The Hall–Kier alpha value is -2.94. The van der Waals surface area contributed by atoms with E-state index in [1.54, 1.807) is 6.92 Å². The largest absolute Gasteiger partial charge is 0.484 e. The number of carbonyl (C=O) groups excluding carboxylic acids is 1. The first kappa shape index (κ1) is 20.8. The van der Waals surface area contributed by atoms with E-state index in [9.17, 15) is 13.6 Å². The van der Waals surface area contributed by atoms with Crippen LogP contribution in [0.15, 0.2) is 46.0 Å². The first-order chi connectivity index (χ1) is 13.8. The van der Waals surface area contributed by atoms with E-state index in [1.807, 2.05) is 32.0 Å². The summed E-state index contributed by atoms with van der Waals surface area (Å²) in [4.78, 5) is 12.2. The van der Waals surface area contributed by atoms with Gasteiger partial charge in [-0.05, 0) is 50.1 Å². The second kappa shape index (κ2) is 9.04. The van der Waals surface area contributed by atoms with E-state index in [1.165, 1.54) is 6.07 Å². The van der Waals surface area contributed by atoms with Crippen molar-refractivity contribution in [3.63, 3.8) is 0 Å². The van der Waals surface area contributed by atoms with Gasteiger partial charge in [0, 0.05) is 11.8 Å². The average molecular weight is 419 g/mol. The molecule has 3 rings (SSSR count). The molecule has 0 saturated heterocycles. The number of anilines is 1. The van der Waals surface area contributed by atoms with Crippen LogP contribution in [0.3, 0.4) is 0 Å². The number of ether oxygens (including phenoxy) is 1. The van der Waals surface area contributed by atoms with Crippen molar-refractivity contribution in [1.82, 2.24) is 10.2 Å². The Morgan fingerprint density at radius 3 is 2.72 bits per heavy atom. The zero-order valence-electron chi connectivity index (χ0n) is 16.0. The first-order valence-electron chi connectivity index (χ1n) is 8.77. The van der Waals surface area contributed by atoms with Crippen LogP contribution < -0.4 is 10.1 Å². The predicted molar refractivity (Wildman–Crippen MR) is 105 cm³/mol. The summed E-state index contributed by atoms with van der Waals surface area (Å²) in [5, 5.41) is 9.94. The van der Waals surface area contributed by atoms with Gasteiger partial charge in [0.1, 0.15) is 5.75 Å². The van der Waals surface area contributed by atoms with Crippen molar-refractivity contribution in [3.8, 4) is 5.75 Å². The van der Waals surface area contributed by atoms with Gasteiger partial charge in [-0.1, -0.05) is 23.9 Å². The van der Waals surface area contributed by atoms with Crippen molar-refractivity contribution in [2.75, 3.05) is 5.32 Å².